The Balaban J connectivity index is 1.91. The summed E-state index contributed by atoms with van der Waals surface area (Å²) in [4.78, 5) is 27.6. The smallest absolute Gasteiger partial charge is 0.224 e. The van der Waals surface area contributed by atoms with Gasteiger partial charge >= 0.3 is 0 Å². The van der Waals surface area contributed by atoms with Gasteiger partial charge in [-0.15, -0.1) is 0 Å². The third kappa shape index (κ3) is 3.53. The number of anilines is 1. The van der Waals surface area contributed by atoms with Gasteiger partial charge in [-0.3, -0.25) is 9.78 Å². The lowest BCUT2D eigenvalue weighted by Gasteiger charge is -2.33. The fourth-order valence-corrected chi connectivity index (χ4v) is 3.06. The number of rotatable bonds is 4. The van der Waals surface area contributed by atoms with E-state index in [-0.39, 0.29) is 11.8 Å². The minimum atomic E-state index is 0.0215. The van der Waals surface area contributed by atoms with Gasteiger partial charge in [0, 0.05) is 49.9 Å². The number of aryl methyl sites for hydroxylation is 1. The molecule has 1 saturated heterocycles. The second kappa shape index (κ2) is 7.38. The fraction of sp³-hybridized carbons (Fsp3) is 0.444. The first-order valence-corrected chi connectivity index (χ1v) is 8.46. The van der Waals surface area contributed by atoms with Crippen LogP contribution in [0.1, 0.15) is 25.5 Å². The summed E-state index contributed by atoms with van der Waals surface area (Å²) in [5, 5.41) is 2.76. The van der Waals surface area contributed by atoms with E-state index in [2.05, 4.69) is 27.1 Å². The standard InChI is InChI=1S/C18H23N5O/c1-3-15-11-16(22-17(21-15)13-6-8-20-9-7-13)23-10-4-5-14(12-23)18(24)19-2/h6-9,11,14H,3-5,10,12H2,1-2H3,(H,19,24). The topological polar surface area (TPSA) is 71.0 Å². The van der Waals surface area contributed by atoms with Crippen LogP contribution in [-0.2, 0) is 11.2 Å². The molecule has 1 amide bonds. The molecule has 24 heavy (non-hydrogen) atoms. The lowest BCUT2D eigenvalue weighted by molar-refractivity contribution is -0.124. The van der Waals surface area contributed by atoms with Crippen LogP contribution in [0.5, 0.6) is 0 Å². The molecule has 0 spiro atoms. The first-order chi connectivity index (χ1) is 11.7. The van der Waals surface area contributed by atoms with Crippen molar-refractivity contribution in [2.45, 2.75) is 26.2 Å². The number of amides is 1. The summed E-state index contributed by atoms with van der Waals surface area (Å²) >= 11 is 0. The zero-order valence-electron chi connectivity index (χ0n) is 14.2. The molecule has 1 aliphatic heterocycles. The maximum atomic E-state index is 12.0. The molecule has 6 heteroatoms. The van der Waals surface area contributed by atoms with Gasteiger partial charge in [-0.25, -0.2) is 9.97 Å². The third-order valence-corrected chi connectivity index (χ3v) is 4.43. The Labute approximate surface area is 142 Å². The Morgan fingerprint density at radius 1 is 1.33 bits per heavy atom. The molecule has 1 atom stereocenters. The van der Waals surface area contributed by atoms with Gasteiger partial charge in [-0.1, -0.05) is 6.92 Å². The SMILES string of the molecule is CCc1cc(N2CCCC(C(=O)NC)C2)nc(-c2ccncc2)n1. The van der Waals surface area contributed by atoms with E-state index in [4.69, 9.17) is 4.98 Å². The Kier molecular flexibility index (Phi) is 5.03. The van der Waals surface area contributed by atoms with E-state index >= 15 is 0 Å². The van der Waals surface area contributed by atoms with Gasteiger partial charge in [0.15, 0.2) is 5.82 Å². The number of carbonyl (C=O) groups is 1. The number of aromatic nitrogens is 3. The number of piperidine rings is 1. The first kappa shape index (κ1) is 16.4. The van der Waals surface area contributed by atoms with E-state index in [0.717, 1.165) is 42.9 Å². The summed E-state index contributed by atoms with van der Waals surface area (Å²) < 4.78 is 0. The molecule has 0 aromatic carbocycles. The number of pyridine rings is 1. The minimum absolute atomic E-state index is 0.0215. The lowest BCUT2D eigenvalue weighted by atomic mass is 9.97. The molecule has 1 fully saturated rings. The molecule has 0 saturated carbocycles. The van der Waals surface area contributed by atoms with Crippen LogP contribution in [-0.4, -0.2) is 41.0 Å². The summed E-state index contributed by atoms with van der Waals surface area (Å²) in [5.41, 5.74) is 1.97. The summed E-state index contributed by atoms with van der Waals surface area (Å²) in [6.45, 7) is 3.71. The van der Waals surface area contributed by atoms with Crippen LogP contribution in [0.15, 0.2) is 30.6 Å². The van der Waals surface area contributed by atoms with Crippen molar-refractivity contribution < 1.29 is 4.79 Å². The van der Waals surface area contributed by atoms with E-state index in [9.17, 15) is 4.79 Å². The van der Waals surface area contributed by atoms with Gasteiger partial charge < -0.3 is 10.2 Å². The van der Waals surface area contributed by atoms with Gasteiger partial charge in [-0.05, 0) is 31.4 Å². The van der Waals surface area contributed by atoms with Crippen molar-refractivity contribution in [3.8, 4) is 11.4 Å². The van der Waals surface area contributed by atoms with E-state index in [1.807, 2.05) is 18.2 Å². The van der Waals surface area contributed by atoms with Crippen LogP contribution in [0.25, 0.3) is 11.4 Å². The minimum Gasteiger partial charge on any atom is -0.359 e. The van der Waals surface area contributed by atoms with Crippen molar-refractivity contribution in [3.05, 3.63) is 36.3 Å². The molecule has 3 rings (SSSR count). The average molecular weight is 325 g/mol. The number of nitrogens with one attached hydrogen (secondary N) is 1. The molecular weight excluding hydrogens is 302 g/mol. The Hall–Kier alpha value is -2.50. The summed E-state index contributed by atoms with van der Waals surface area (Å²) in [6, 6.07) is 5.88. The van der Waals surface area contributed by atoms with Crippen molar-refractivity contribution in [2.24, 2.45) is 5.92 Å². The number of carbonyl (C=O) groups excluding carboxylic acids is 1. The predicted molar refractivity (Wildman–Crippen MR) is 93.6 cm³/mol. The molecule has 2 aromatic heterocycles. The molecular formula is C18H23N5O. The maximum absolute atomic E-state index is 12.0. The predicted octanol–water partition coefficient (Wildman–Crippen LogP) is 2.06. The molecule has 1 aliphatic rings. The van der Waals surface area contributed by atoms with Crippen LogP contribution in [0.2, 0.25) is 0 Å². The summed E-state index contributed by atoms with van der Waals surface area (Å²) in [5.74, 6) is 1.75. The normalized spacial score (nSPS) is 17.6. The molecule has 3 heterocycles. The third-order valence-electron chi connectivity index (χ3n) is 4.43. The summed E-state index contributed by atoms with van der Waals surface area (Å²) in [6.07, 6.45) is 6.27. The number of hydrogen-bond acceptors (Lipinski definition) is 5. The van der Waals surface area contributed by atoms with Crippen molar-refractivity contribution >= 4 is 11.7 Å². The average Bonchev–Trinajstić information content (AvgIpc) is 2.67. The van der Waals surface area contributed by atoms with Gasteiger partial charge in [0.25, 0.3) is 0 Å². The maximum Gasteiger partial charge on any atom is 0.224 e. The number of hydrogen-bond donors (Lipinski definition) is 1. The summed E-state index contributed by atoms with van der Waals surface area (Å²) in [7, 11) is 1.70. The van der Waals surface area contributed by atoms with E-state index in [0.29, 0.717) is 12.4 Å². The Morgan fingerprint density at radius 3 is 2.83 bits per heavy atom. The van der Waals surface area contributed by atoms with Crippen molar-refractivity contribution in [3.63, 3.8) is 0 Å². The van der Waals surface area contributed by atoms with Crippen LogP contribution in [0.4, 0.5) is 5.82 Å². The van der Waals surface area contributed by atoms with Crippen LogP contribution in [0, 0.1) is 5.92 Å². The quantitative estimate of drug-likeness (QED) is 0.932. The van der Waals surface area contributed by atoms with Crippen LogP contribution >= 0.6 is 0 Å². The first-order valence-electron chi connectivity index (χ1n) is 8.46. The Morgan fingerprint density at radius 2 is 2.12 bits per heavy atom. The zero-order valence-corrected chi connectivity index (χ0v) is 14.2. The highest BCUT2D eigenvalue weighted by atomic mass is 16.1. The van der Waals surface area contributed by atoms with E-state index in [1.54, 1.807) is 19.4 Å². The highest BCUT2D eigenvalue weighted by Crippen LogP contribution is 2.25. The molecule has 2 aromatic rings. The fourth-order valence-electron chi connectivity index (χ4n) is 3.06. The van der Waals surface area contributed by atoms with E-state index in [1.165, 1.54) is 0 Å². The second-order valence-corrected chi connectivity index (χ2v) is 6.03. The molecule has 1 N–H and O–H groups in total. The van der Waals surface area contributed by atoms with Crippen LogP contribution < -0.4 is 10.2 Å². The van der Waals surface area contributed by atoms with Gasteiger partial charge in [0.2, 0.25) is 5.91 Å². The molecule has 0 radical (unpaired) electrons. The monoisotopic (exact) mass is 325 g/mol. The highest BCUT2D eigenvalue weighted by molar-refractivity contribution is 5.79. The van der Waals surface area contributed by atoms with Gasteiger partial charge in [0.1, 0.15) is 5.82 Å². The molecule has 1 unspecified atom stereocenters. The largest absolute Gasteiger partial charge is 0.359 e. The zero-order chi connectivity index (χ0) is 16.9. The molecule has 0 bridgehead atoms. The van der Waals surface area contributed by atoms with Crippen molar-refractivity contribution in [2.75, 3.05) is 25.0 Å². The van der Waals surface area contributed by atoms with E-state index < -0.39 is 0 Å². The van der Waals surface area contributed by atoms with Crippen molar-refractivity contribution in [1.82, 2.24) is 20.3 Å². The lowest BCUT2D eigenvalue weighted by Crippen LogP contribution is -2.42. The molecule has 126 valence electrons. The van der Waals surface area contributed by atoms with Crippen molar-refractivity contribution in [1.29, 1.82) is 0 Å². The molecule has 6 nitrogen and oxygen atoms in total. The Bertz CT molecular complexity index is 704. The van der Waals surface area contributed by atoms with Crippen LogP contribution in [0.3, 0.4) is 0 Å². The second-order valence-electron chi connectivity index (χ2n) is 6.03. The van der Waals surface area contributed by atoms with Gasteiger partial charge in [0.05, 0.1) is 5.92 Å². The van der Waals surface area contributed by atoms with Gasteiger partial charge in [-0.2, -0.15) is 0 Å². The highest BCUT2D eigenvalue weighted by Gasteiger charge is 2.26. The number of nitrogens with zero attached hydrogens (tertiary/aromatic N) is 4. The molecule has 0 aliphatic carbocycles.